The van der Waals surface area contributed by atoms with Gasteiger partial charge in [-0.05, 0) is 57.2 Å². The van der Waals surface area contributed by atoms with Crippen molar-refractivity contribution in [1.82, 2.24) is 4.90 Å². The van der Waals surface area contributed by atoms with E-state index in [0.717, 1.165) is 10.5 Å². The Kier molecular flexibility index (Phi) is 6.36. The number of imide groups is 1. The maximum Gasteiger partial charge on any atom is 0.338 e. The number of hydrogen-bond acceptors (Lipinski definition) is 5. The van der Waals surface area contributed by atoms with Gasteiger partial charge in [-0.25, -0.2) is 14.5 Å². The molecule has 3 aromatic rings. The Morgan fingerprint density at radius 3 is 2.35 bits per heavy atom. The van der Waals surface area contributed by atoms with Crippen LogP contribution in [0.25, 0.3) is 0 Å². The smallest absolute Gasteiger partial charge is 0.338 e. The second kappa shape index (κ2) is 9.39. The summed E-state index contributed by atoms with van der Waals surface area (Å²) in [5.74, 6) is 0.398. The van der Waals surface area contributed by atoms with E-state index in [9.17, 15) is 14.4 Å². The molecule has 1 saturated heterocycles. The molecule has 7 nitrogen and oxygen atoms in total. The van der Waals surface area contributed by atoms with E-state index in [4.69, 9.17) is 9.47 Å². The first-order valence-electron chi connectivity index (χ1n) is 11.1. The molecule has 0 aliphatic carbocycles. The topological polar surface area (TPSA) is 76.2 Å². The average Bonchev–Trinajstić information content (AvgIpc) is 3.00. The number of ether oxygens (including phenoxy) is 2. The minimum Gasteiger partial charge on any atom is -0.462 e. The number of para-hydroxylation sites is 2. The van der Waals surface area contributed by atoms with E-state index in [1.54, 1.807) is 39.0 Å². The molecular formula is C27H26N2O5. The van der Waals surface area contributed by atoms with Crippen molar-refractivity contribution in [3.05, 3.63) is 90.0 Å². The van der Waals surface area contributed by atoms with E-state index in [-0.39, 0.29) is 24.6 Å². The summed E-state index contributed by atoms with van der Waals surface area (Å²) in [5, 5.41) is 0. The van der Waals surface area contributed by atoms with Gasteiger partial charge >= 0.3 is 12.0 Å². The maximum absolute atomic E-state index is 13.5. The number of anilines is 1. The van der Waals surface area contributed by atoms with Crippen molar-refractivity contribution in [2.24, 2.45) is 0 Å². The zero-order valence-corrected chi connectivity index (χ0v) is 19.4. The van der Waals surface area contributed by atoms with Gasteiger partial charge in [-0.15, -0.1) is 0 Å². The summed E-state index contributed by atoms with van der Waals surface area (Å²) in [5.41, 5.74) is 0.266. The number of esters is 1. The summed E-state index contributed by atoms with van der Waals surface area (Å²) in [6.45, 7) is 5.55. The fourth-order valence-corrected chi connectivity index (χ4v) is 3.83. The second-order valence-corrected chi connectivity index (χ2v) is 8.36. The fraction of sp³-hybridized carbons (Fsp3) is 0.222. The molecule has 4 rings (SSSR count). The van der Waals surface area contributed by atoms with Crippen LogP contribution in [-0.4, -0.2) is 35.0 Å². The lowest BCUT2D eigenvalue weighted by Crippen LogP contribution is -2.43. The molecule has 0 aromatic heterocycles. The van der Waals surface area contributed by atoms with Crippen LogP contribution >= 0.6 is 0 Å². The zero-order valence-electron chi connectivity index (χ0n) is 19.4. The van der Waals surface area contributed by atoms with E-state index >= 15 is 0 Å². The number of amides is 3. The second-order valence-electron chi connectivity index (χ2n) is 8.36. The van der Waals surface area contributed by atoms with Gasteiger partial charge in [0, 0.05) is 5.56 Å². The largest absolute Gasteiger partial charge is 0.462 e. The molecule has 0 atom stereocenters. The standard InChI is InChI=1S/C27H26N2O5/c1-4-33-24(30)19-12-10-13-21(17-19)29-25(31)27(2,3)28(26(29)32)18-20-11-8-9-16-23(20)34-22-14-6-5-7-15-22/h5-17H,4,18H2,1-3H3. The van der Waals surface area contributed by atoms with Crippen molar-refractivity contribution in [2.45, 2.75) is 32.9 Å². The Bertz CT molecular complexity index is 1220. The molecule has 0 spiro atoms. The first-order chi connectivity index (χ1) is 16.3. The quantitative estimate of drug-likeness (QED) is 0.350. The lowest BCUT2D eigenvalue weighted by molar-refractivity contribution is -0.123. The highest BCUT2D eigenvalue weighted by atomic mass is 16.5. The van der Waals surface area contributed by atoms with Gasteiger partial charge in [0.15, 0.2) is 0 Å². The van der Waals surface area contributed by atoms with E-state index in [1.807, 2.05) is 54.6 Å². The number of benzene rings is 3. The van der Waals surface area contributed by atoms with Crippen LogP contribution in [-0.2, 0) is 16.1 Å². The van der Waals surface area contributed by atoms with Gasteiger partial charge in [0.2, 0.25) is 0 Å². The van der Waals surface area contributed by atoms with Crippen LogP contribution in [0, 0.1) is 0 Å². The molecule has 3 aromatic carbocycles. The summed E-state index contributed by atoms with van der Waals surface area (Å²) in [6, 6.07) is 22.7. The fourth-order valence-electron chi connectivity index (χ4n) is 3.83. The molecule has 174 valence electrons. The maximum atomic E-state index is 13.5. The van der Waals surface area contributed by atoms with Crippen molar-refractivity contribution < 1.29 is 23.9 Å². The van der Waals surface area contributed by atoms with E-state index in [1.165, 1.54) is 11.0 Å². The SMILES string of the molecule is CCOC(=O)c1cccc(N2C(=O)N(Cc3ccccc3Oc3ccccc3)C(C)(C)C2=O)c1. The monoisotopic (exact) mass is 458 g/mol. The molecule has 0 N–H and O–H groups in total. The number of carbonyl (C=O) groups is 3. The molecule has 7 heteroatoms. The average molecular weight is 459 g/mol. The van der Waals surface area contributed by atoms with Crippen LogP contribution in [0.15, 0.2) is 78.9 Å². The number of nitrogens with zero attached hydrogens (tertiary/aromatic N) is 2. The summed E-state index contributed by atoms with van der Waals surface area (Å²) >= 11 is 0. The van der Waals surface area contributed by atoms with Crippen LogP contribution < -0.4 is 9.64 Å². The molecule has 1 fully saturated rings. The van der Waals surface area contributed by atoms with Gasteiger partial charge in [0.25, 0.3) is 5.91 Å². The van der Waals surface area contributed by atoms with Gasteiger partial charge < -0.3 is 14.4 Å². The molecule has 34 heavy (non-hydrogen) atoms. The molecule has 0 unspecified atom stereocenters. The van der Waals surface area contributed by atoms with Crippen LogP contribution in [0.3, 0.4) is 0 Å². The number of carbonyl (C=O) groups excluding carboxylic acids is 3. The van der Waals surface area contributed by atoms with Gasteiger partial charge in [-0.3, -0.25) is 4.79 Å². The molecule has 0 radical (unpaired) electrons. The third-order valence-corrected chi connectivity index (χ3v) is 5.71. The molecule has 1 aliphatic rings. The predicted molar refractivity (Wildman–Crippen MR) is 128 cm³/mol. The van der Waals surface area contributed by atoms with Crippen molar-refractivity contribution in [3.63, 3.8) is 0 Å². The summed E-state index contributed by atoms with van der Waals surface area (Å²) in [6.07, 6.45) is 0. The minimum atomic E-state index is -1.10. The Morgan fingerprint density at radius 2 is 1.62 bits per heavy atom. The van der Waals surface area contributed by atoms with Crippen LogP contribution in [0.4, 0.5) is 10.5 Å². The number of urea groups is 1. The highest BCUT2D eigenvalue weighted by molar-refractivity contribution is 6.23. The van der Waals surface area contributed by atoms with E-state index in [0.29, 0.717) is 17.2 Å². The highest BCUT2D eigenvalue weighted by Crippen LogP contribution is 2.35. The van der Waals surface area contributed by atoms with Gasteiger partial charge in [0.1, 0.15) is 17.0 Å². The van der Waals surface area contributed by atoms with Crippen molar-refractivity contribution >= 4 is 23.6 Å². The lowest BCUT2D eigenvalue weighted by Gasteiger charge is -2.28. The van der Waals surface area contributed by atoms with Crippen molar-refractivity contribution in [1.29, 1.82) is 0 Å². The van der Waals surface area contributed by atoms with E-state index in [2.05, 4.69) is 0 Å². The Balaban J connectivity index is 1.63. The van der Waals surface area contributed by atoms with Gasteiger partial charge in [-0.1, -0.05) is 42.5 Å². The Morgan fingerprint density at radius 1 is 0.912 bits per heavy atom. The van der Waals surface area contributed by atoms with Gasteiger partial charge in [-0.2, -0.15) is 0 Å². The van der Waals surface area contributed by atoms with Crippen LogP contribution in [0.5, 0.6) is 11.5 Å². The van der Waals surface area contributed by atoms with Gasteiger partial charge in [0.05, 0.1) is 24.4 Å². The Hall–Kier alpha value is -4.13. The van der Waals surface area contributed by atoms with E-state index < -0.39 is 17.5 Å². The predicted octanol–water partition coefficient (Wildman–Crippen LogP) is 5.40. The lowest BCUT2D eigenvalue weighted by atomic mass is 10.0. The summed E-state index contributed by atoms with van der Waals surface area (Å²) < 4.78 is 11.1. The molecule has 0 saturated carbocycles. The third kappa shape index (κ3) is 4.37. The molecule has 0 bridgehead atoms. The highest BCUT2D eigenvalue weighted by Gasteiger charge is 2.52. The Labute approximate surface area is 198 Å². The first-order valence-corrected chi connectivity index (χ1v) is 11.1. The third-order valence-electron chi connectivity index (χ3n) is 5.71. The summed E-state index contributed by atoms with van der Waals surface area (Å²) in [7, 11) is 0. The normalized spacial score (nSPS) is 14.9. The summed E-state index contributed by atoms with van der Waals surface area (Å²) in [4.78, 5) is 41.6. The number of hydrogen-bond donors (Lipinski definition) is 0. The van der Waals surface area contributed by atoms with Crippen LogP contribution in [0.1, 0.15) is 36.7 Å². The minimum absolute atomic E-state index is 0.175. The van der Waals surface area contributed by atoms with Crippen molar-refractivity contribution in [3.8, 4) is 11.5 Å². The zero-order chi connectivity index (χ0) is 24.3. The molecule has 1 aliphatic heterocycles. The number of rotatable bonds is 7. The van der Waals surface area contributed by atoms with Crippen LogP contribution in [0.2, 0.25) is 0 Å². The molecular weight excluding hydrogens is 432 g/mol. The van der Waals surface area contributed by atoms with Crippen molar-refractivity contribution in [2.75, 3.05) is 11.5 Å². The molecule has 3 amide bonds. The molecule has 1 heterocycles. The first kappa shape index (κ1) is 23.0.